The Hall–Kier alpha value is -1.39. The van der Waals surface area contributed by atoms with Crippen LogP contribution in [0.1, 0.15) is 24.8 Å². The van der Waals surface area contributed by atoms with Crippen LogP contribution in [0.3, 0.4) is 0 Å². The molecule has 1 atom stereocenters. The molecule has 0 saturated heterocycles. The number of hydrogen-bond acceptors (Lipinski definition) is 4. The highest BCUT2D eigenvalue weighted by Crippen LogP contribution is 2.29. The van der Waals surface area contributed by atoms with Gasteiger partial charge in [-0.05, 0) is 30.9 Å². The molecule has 1 aliphatic rings. The summed E-state index contributed by atoms with van der Waals surface area (Å²) in [7, 11) is 1.00. The highest BCUT2D eigenvalue weighted by molar-refractivity contribution is 5.75. The predicted octanol–water partition coefficient (Wildman–Crippen LogP) is 1.20. The first kappa shape index (κ1) is 12.7. The van der Waals surface area contributed by atoms with Gasteiger partial charge < -0.3 is 15.9 Å². The molecule has 0 aromatic carbocycles. The number of nitrogen functional groups attached to an aromatic ring is 1. The number of nitrogens with zero attached hydrogens (tertiary/aromatic N) is 1. The van der Waals surface area contributed by atoms with Crippen LogP contribution in [0.15, 0.2) is 24.5 Å². The van der Waals surface area contributed by atoms with E-state index in [1.165, 1.54) is 0 Å². The van der Waals surface area contributed by atoms with Crippen LogP contribution in [0.5, 0.6) is 0 Å². The largest absolute Gasteiger partial charge is 0.400 e. The van der Waals surface area contributed by atoms with Gasteiger partial charge in [0.1, 0.15) is 0 Å². The van der Waals surface area contributed by atoms with Gasteiger partial charge in [0, 0.05) is 18.9 Å². The normalized spacial score (nSPS) is 19.4. The smallest absolute Gasteiger partial charge is 0.0726 e. The summed E-state index contributed by atoms with van der Waals surface area (Å²) in [5, 5.41) is 16.5. The highest BCUT2D eigenvalue weighted by Gasteiger charge is 2.13. The minimum atomic E-state index is -0.314. The van der Waals surface area contributed by atoms with E-state index >= 15 is 0 Å². The van der Waals surface area contributed by atoms with Gasteiger partial charge >= 0.3 is 0 Å². The first-order valence-electron chi connectivity index (χ1n) is 5.30. The summed E-state index contributed by atoms with van der Waals surface area (Å²) in [6.07, 6.45) is 7.83. The Kier molecular flexibility index (Phi) is 4.95. The zero-order valence-electron chi connectivity index (χ0n) is 9.43. The van der Waals surface area contributed by atoms with Crippen LogP contribution in [0, 0.1) is 0 Å². The number of pyridine rings is 1. The molecule has 4 N–H and O–H groups in total. The van der Waals surface area contributed by atoms with Crippen molar-refractivity contribution in [3.63, 3.8) is 0 Å². The average Bonchev–Trinajstić information content (AvgIpc) is 2.32. The molecule has 0 radical (unpaired) electrons. The molecule has 0 bridgehead atoms. The van der Waals surface area contributed by atoms with Crippen molar-refractivity contribution < 1.29 is 10.2 Å². The number of anilines is 1. The zero-order chi connectivity index (χ0) is 12.0. The number of allylic oxidation sites excluding steroid dienone is 1. The highest BCUT2D eigenvalue weighted by atomic mass is 16.3. The maximum Gasteiger partial charge on any atom is 0.0726 e. The van der Waals surface area contributed by atoms with E-state index in [0.29, 0.717) is 5.69 Å². The van der Waals surface area contributed by atoms with Gasteiger partial charge in [-0.3, -0.25) is 4.98 Å². The molecule has 0 spiro atoms. The minimum absolute atomic E-state index is 0.314. The fourth-order valence-electron chi connectivity index (χ4n) is 1.82. The number of aromatic nitrogens is 1. The molecule has 1 heterocycles. The molecular weight excluding hydrogens is 204 g/mol. The first-order chi connectivity index (χ1) is 7.77. The lowest BCUT2D eigenvalue weighted by atomic mass is 9.92. The second-order valence-electron chi connectivity index (χ2n) is 3.61. The Labute approximate surface area is 95.4 Å². The van der Waals surface area contributed by atoms with Crippen LogP contribution in [0.25, 0.3) is 5.57 Å². The van der Waals surface area contributed by atoms with Crippen molar-refractivity contribution in [3.8, 4) is 0 Å². The summed E-state index contributed by atoms with van der Waals surface area (Å²) in [4.78, 5) is 3.94. The van der Waals surface area contributed by atoms with Crippen molar-refractivity contribution in [2.24, 2.45) is 0 Å². The number of nitrogens with two attached hydrogens (primary N) is 1. The summed E-state index contributed by atoms with van der Waals surface area (Å²) in [6, 6.07) is 1.90. The lowest BCUT2D eigenvalue weighted by Crippen LogP contribution is -2.09. The Morgan fingerprint density at radius 2 is 2.19 bits per heavy atom. The third-order valence-corrected chi connectivity index (χ3v) is 2.54. The van der Waals surface area contributed by atoms with Gasteiger partial charge in [-0.2, -0.15) is 0 Å². The van der Waals surface area contributed by atoms with E-state index in [1.54, 1.807) is 12.4 Å². The van der Waals surface area contributed by atoms with Crippen molar-refractivity contribution in [3.05, 3.63) is 30.1 Å². The number of rotatable bonds is 1. The summed E-state index contributed by atoms with van der Waals surface area (Å²) in [5.41, 5.74) is 8.65. The lowest BCUT2D eigenvalue weighted by molar-refractivity contribution is 0.206. The monoisotopic (exact) mass is 222 g/mol. The predicted molar refractivity (Wildman–Crippen MR) is 64.6 cm³/mol. The topological polar surface area (TPSA) is 79.4 Å². The standard InChI is InChI=1S/C11H14N2O.CH4O/c12-11-7-13-5-4-10(11)8-2-1-3-9(14)6-8;1-2/h4-7,9,14H,1-3,12H2;2H,1H3. The number of aliphatic hydroxyl groups is 2. The van der Waals surface area contributed by atoms with Crippen LogP contribution >= 0.6 is 0 Å². The first-order valence-corrected chi connectivity index (χ1v) is 5.30. The molecule has 4 heteroatoms. The summed E-state index contributed by atoms with van der Waals surface area (Å²) in [5.74, 6) is 0. The fraction of sp³-hybridized carbons (Fsp3) is 0.417. The Morgan fingerprint density at radius 3 is 2.81 bits per heavy atom. The maximum atomic E-state index is 9.50. The van der Waals surface area contributed by atoms with Crippen LogP contribution in [-0.2, 0) is 0 Å². The van der Waals surface area contributed by atoms with Crippen molar-refractivity contribution in [1.29, 1.82) is 0 Å². The van der Waals surface area contributed by atoms with Crippen molar-refractivity contribution in [2.45, 2.75) is 25.4 Å². The average molecular weight is 222 g/mol. The Bertz CT molecular complexity index is 364. The molecular formula is C12H18N2O2. The van der Waals surface area contributed by atoms with Gasteiger partial charge in [0.15, 0.2) is 0 Å². The van der Waals surface area contributed by atoms with Crippen molar-refractivity contribution >= 4 is 11.3 Å². The van der Waals surface area contributed by atoms with Gasteiger partial charge in [0.25, 0.3) is 0 Å². The SMILES string of the molecule is CO.Nc1cnccc1C1=CC(O)CCC1. The lowest BCUT2D eigenvalue weighted by Gasteiger charge is -2.18. The number of aliphatic hydroxyl groups excluding tert-OH is 2. The molecule has 1 aromatic rings. The molecule has 0 fully saturated rings. The quantitative estimate of drug-likeness (QED) is 0.667. The van der Waals surface area contributed by atoms with Gasteiger partial charge in [0.05, 0.1) is 18.0 Å². The molecule has 1 unspecified atom stereocenters. The summed E-state index contributed by atoms with van der Waals surface area (Å²) in [6.45, 7) is 0. The molecule has 1 aliphatic carbocycles. The van der Waals surface area contributed by atoms with E-state index < -0.39 is 0 Å². The molecule has 0 amide bonds. The molecule has 0 saturated carbocycles. The molecule has 0 aliphatic heterocycles. The second-order valence-corrected chi connectivity index (χ2v) is 3.61. The van der Waals surface area contributed by atoms with Crippen LogP contribution in [-0.4, -0.2) is 28.4 Å². The van der Waals surface area contributed by atoms with E-state index in [9.17, 15) is 5.11 Å². The van der Waals surface area contributed by atoms with E-state index in [4.69, 9.17) is 10.8 Å². The minimum Gasteiger partial charge on any atom is -0.400 e. The van der Waals surface area contributed by atoms with E-state index in [2.05, 4.69) is 4.98 Å². The van der Waals surface area contributed by atoms with Crippen LogP contribution in [0.2, 0.25) is 0 Å². The summed E-state index contributed by atoms with van der Waals surface area (Å²) >= 11 is 0. The number of hydrogen-bond donors (Lipinski definition) is 3. The second kappa shape index (κ2) is 6.25. The third kappa shape index (κ3) is 3.05. The van der Waals surface area contributed by atoms with E-state index in [-0.39, 0.29) is 6.10 Å². The third-order valence-electron chi connectivity index (χ3n) is 2.54. The maximum absolute atomic E-state index is 9.50. The van der Waals surface area contributed by atoms with E-state index in [0.717, 1.165) is 37.5 Å². The zero-order valence-corrected chi connectivity index (χ0v) is 9.43. The molecule has 2 rings (SSSR count). The Morgan fingerprint density at radius 1 is 1.44 bits per heavy atom. The Balaban J connectivity index is 0.000000606. The van der Waals surface area contributed by atoms with Crippen LogP contribution < -0.4 is 5.73 Å². The molecule has 88 valence electrons. The van der Waals surface area contributed by atoms with Gasteiger partial charge in [-0.1, -0.05) is 6.08 Å². The summed E-state index contributed by atoms with van der Waals surface area (Å²) < 4.78 is 0. The van der Waals surface area contributed by atoms with Crippen molar-refractivity contribution in [1.82, 2.24) is 4.98 Å². The van der Waals surface area contributed by atoms with Gasteiger partial charge in [-0.25, -0.2) is 0 Å². The fourth-order valence-corrected chi connectivity index (χ4v) is 1.82. The van der Waals surface area contributed by atoms with E-state index in [1.807, 2.05) is 12.1 Å². The van der Waals surface area contributed by atoms with Gasteiger partial charge in [0.2, 0.25) is 0 Å². The van der Waals surface area contributed by atoms with Gasteiger partial charge in [-0.15, -0.1) is 0 Å². The van der Waals surface area contributed by atoms with Crippen LogP contribution in [0.4, 0.5) is 5.69 Å². The molecule has 4 nitrogen and oxygen atoms in total. The molecule has 1 aromatic heterocycles. The van der Waals surface area contributed by atoms with Crippen molar-refractivity contribution in [2.75, 3.05) is 12.8 Å². The molecule has 16 heavy (non-hydrogen) atoms.